The maximum absolute atomic E-state index is 10.6. The van der Waals surface area contributed by atoms with Crippen LogP contribution in [-0.2, 0) is 24.5 Å². The predicted octanol–water partition coefficient (Wildman–Crippen LogP) is 4.79. The summed E-state index contributed by atoms with van der Waals surface area (Å²) < 4.78 is 32.9. The molecule has 0 aromatic heterocycles. The summed E-state index contributed by atoms with van der Waals surface area (Å²) in [4.78, 5) is 0. The van der Waals surface area contributed by atoms with E-state index >= 15 is 0 Å². The van der Waals surface area contributed by atoms with E-state index in [2.05, 4.69) is 41.5 Å². The summed E-state index contributed by atoms with van der Waals surface area (Å²) in [6, 6.07) is 11.8. The van der Waals surface area contributed by atoms with Crippen molar-refractivity contribution < 1.29 is 33.7 Å². The van der Waals surface area contributed by atoms with E-state index in [0.717, 1.165) is 18.1 Å². The normalized spacial score (nSPS) is 13.1. The molecule has 0 atom stereocenters. The third kappa shape index (κ3) is 8.39. The molecule has 4 nitrogen and oxygen atoms in total. The predicted molar refractivity (Wildman–Crippen MR) is 97.3 cm³/mol. The van der Waals surface area contributed by atoms with Gasteiger partial charge in [0.05, 0.1) is 0 Å². The van der Waals surface area contributed by atoms with Crippen LogP contribution in [-0.4, -0.2) is 14.7 Å². The van der Waals surface area contributed by atoms with E-state index in [1.165, 1.54) is 0 Å². The van der Waals surface area contributed by atoms with E-state index in [4.69, 9.17) is 5.32 Å². The summed E-state index contributed by atoms with van der Waals surface area (Å²) in [5.74, 6) is 1.87. The van der Waals surface area contributed by atoms with Crippen LogP contribution < -0.4 is 2.81 Å². The van der Waals surface area contributed by atoms with Gasteiger partial charge in [-0.3, -0.25) is 0 Å². The van der Waals surface area contributed by atoms with Gasteiger partial charge in [-0.15, -0.1) is 0 Å². The van der Waals surface area contributed by atoms with Gasteiger partial charge < -0.3 is 0 Å². The molecule has 0 aliphatic carbocycles. The molecule has 138 valence electrons. The summed E-state index contributed by atoms with van der Waals surface area (Å²) in [6.07, 6.45) is 0. The zero-order valence-electron chi connectivity index (χ0n) is 16.0. The molecule has 0 unspecified atom stereocenters. The Morgan fingerprint density at radius 2 is 1.25 bits per heavy atom. The van der Waals surface area contributed by atoms with Gasteiger partial charge in [-0.05, 0) is 0 Å². The van der Waals surface area contributed by atoms with Gasteiger partial charge in [-0.25, -0.2) is 0 Å². The van der Waals surface area contributed by atoms with Crippen LogP contribution in [0.15, 0.2) is 30.3 Å². The summed E-state index contributed by atoms with van der Waals surface area (Å²) >= 11 is -5.05. The average molecular weight is 434 g/mol. The minimum absolute atomic E-state index is 0.466. The molecule has 0 bridgehead atoms. The van der Waals surface area contributed by atoms with E-state index in [9.17, 15) is 6.37 Å². The van der Waals surface area contributed by atoms with Crippen LogP contribution in [0.25, 0.3) is 0 Å². The van der Waals surface area contributed by atoms with Crippen molar-refractivity contribution in [3.05, 3.63) is 30.3 Å². The molecular weight excluding hydrogens is 400 g/mol. The van der Waals surface area contributed by atoms with E-state index in [-0.39, 0.29) is 0 Å². The number of rotatable bonds is 10. The second-order valence-electron chi connectivity index (χ2n) is 8.04. The minimum atomic E-state index is -5.05. The Kier molecular flexibility index (Phi) is 8.84. The monoisotopic (exact) mass is 432 g/mol. The second kappa shape index (κ2) is 9.63. The van der Waals surface area contributed by atoms with Crippen LogP contribution in [0.3, 0.4) is 0 Å². The fourth-order valence-electron chi connectivity index (χ4n) is 3.55. The molecule has 0 spiro atoms. The number of benzene rings is 1. The van der Waals surface area contributed by atoms with Gasteiger partial charge in [-0.1, -0.05) is 0 Å². The molecule has 0 radical (unpaired) electrons. The molecule has 0 amide bonds. The van der Waals surface area contributed by atoms with Crippen LogP contribution in [0.5, 0.6) is 5.75 Å². The fraction of sp³-hybridized carbons (Fsp3) is 0.667. The Morgan fingerprint density at radius 1 is 0.833 bits per heavy atom. The van der Waals surface area contributed by atoms with Gasteiger partial charge in [-0.2, -0.15) is 0 Å². The molecule has 1 rings (SSSR count). The molecule has 1 aromatic rings. The van der Waals surface area contributed by atoms with Crippen molar-refractivity contribution in [1.82, 2.24) is 0 Å². The van der Waals surface area contributed by atoms with Crippen LogP contribution >= 0.6 is 0 Å². The van der Waals surface area contributed by atoms with Gasteiger partial charge in [0.1, 0.15) is 0 Å². The van der Waals surface area contributed by atoms with Crippen molar-refractivity contribution in [3.63, 3.8) is 0 Å². The maximum atomic E-state index is 10.6. The van der Waals surface area contributed by atoms with E-state index in [0.29, 0.717) is 23.5 Å². The topological polar surface area (TPSA) is 58.9 Å². The standard InChI is InChI=1S/C12H27OSi.C6H6O.2H2O.Zr/c1-10(2)7-14(13,8-11(3)4)9-12(5)6;7-6-4-2-1-3-5-6;;;/h10-12H,7-9H2,1-6H3;1-5,7H;2*1H2;/q-1;;;;+4/p-3. The van der Waals surface area contributed by atoms with Crippen molar-refractivity contribution in [2.75, 3.05) is 0 Å². The van der Waals surface area contributed by atoms with Crippen molar-refractivity contribution >= 4 is 8.32 Å². The third-order valence-corrected chi connectivity index (χ3v) is 15.5. The zero-order chi connectivity index (χ0) is 18.4. The molecule has 1 aromatic carbocycles. The second-order valence-corrected chi connectivity index (χ2v) is 16.5. The summed E-state index contributed by atoms with van der Waals surface area (Å²) in [5, 5.41) is 0. The molecule has 0 saturated carbocycles. The quantitative estimate of drug-likeness (QED) is 0.521. The molecule has 6 heteroatoms. The Hall–Kier alpha value is -0.000000000000000222. The number of hydrogen-bond donors (Lipinski definition) is 2. The Bertz CT molecular complexity index is 451. The van der Waals surface area contributed by atoms with E-state index in [1.54, 1.807) is 12.1 Å². The van der Waals surface area contributed by atoms with Gasteiger partial charge in [0.25, 0.3) is 0 Å². The fourth-order valence-corrected chi connectivity index (χ4v) is 16.8. The van der Waals surface area contributed by atoms with Crippen LogP contribution in [0.4, 0.5) is 0 Å². The third-order valence-electron chi connectivity index (χ3n) is 3.68. The molecular formula is C18H34O4SiZr. The van der Waals surface area contributed by atoms with Gasteiger partial charge in [0, 0.05) is 0 Å². The van der Waals surface area contributed by atoms with Crippen LogP contribution in [0.2, 0.25) is 18.1 Å². The Labute approximate surface area is 155 Å². The molecule has 0 aliphatic rings. The van der Waals surface area contributed by atoms with E-state index in [1.807, 2.05) is 18.2 Å². The Morgan fingerprint density at radius 3 is 1.62 bits per heavy atom. The van der Waals surface area contributed by atoms with Crippen molar-refractivity contribution in [2.24, 2.45) is 17.8 Å². The summed E-state index contributed by atoms with van der Waals surface area (Å²) in [7, 11) is -2.31. The van der Waals surface area contributed by atoms with Crippen molar-refractivity contribution in [3.8, 4) is 5.75 Å². The zero-order valence-corrected chi connectivity index (χ0v) is 19.4. The van der Waals surface area contributed by atoms with Gasteiger partial charge >= 0.3 is 156 Å². The molecule has 24 heavy (non-hydrogen) atoms. The summed E-state index contributed by atoms with van der Waals surface area (Å²) in [5.41, 5.74) is 0. The SMILES string of the molecule is CC(C)C[Si](CC(C)C)(CC(C)C)[O][Zr]([OH])([OH])[O]c1ccccc1. The first-order valence-corrected chi connectivity index (χ1v) is 15.7. The van der Waals surface area contributed by atoms with Crippen molar-refractivity contribution in [2.45, 2.75) is 59.7 Å². The summed E-state index contributed by atoms with van der Waals surface area (Å²) in [6.45, 7) is 13.1. The molecule has 2 N–H and O–H groups in total. The number of hydrogen-bond acceptors (Lipinski definition) is 4. The van der Waals surface area contributed by atoms with Gasteiger partial charge in [0.2, 0.25) is 0 Å². The molecule has 0 fully saturated rings. The number of para-hydroxylation sites is 1. The first kappa shape index (κ1) is 22.0. The molecule has 0 aliphatic heterocycles. The average Bonchev–Trinajstić information content (AvgIpc) is 2.34. The van der Waals surface area contributed by atoms with Crippen LogP contribution in [0, 0.1) is 17.8 Å². The molecule has 0 heterocycles. The Balaban J connectivity index is 3.02. The van der Waals surface area contributed by atoms with Crippen LogP contribution in [0.1, 0.15) is 41.5 Å². The molecule has 0 saturated heterocycles. The first-order valence-electron chi connectivity index (χ1n) is 8.92. The van der Waals surface area contributed by atoms with E-state index < -0.39 is 30.3 Å². The van der Waals surface area contributed by atoms with Crippen molar-refractivity contribution in [1.29, 1.82) is 0 Å². The first-order chi connectivity index (χ1) is 11.0. The van der Waals surface area contributed by atoms with Gasteiger partial charge in [0.15, 0.2) is 0 Å².